The first-order chi connectivity index (χ1) is 15.8. The molecule has 0 saturated carbocycles. The molecule has 3 N–H and O–H groups in total. The van der Waals surface area contributed by atoms with E-state index < -0.39 is 29.7 Å². The molecule has 2 heterocycles. The fourth-order valence-corrected chi connectivity index (χ4v) is 4.79. The Bertz CT molecular complexity index is 1090. The number of hydrogen-bond donors (Lipinski definition) is 2. The third-order valence-corrected chi connectivity index (χ3v) is 6.47. The van der Waals surface area contributed by atoms with Crippen LogP contribution in [-0.2, 0) is 28.9 Å². The first-order valence-electron chi connectivity index (χ1n) is 11.5. The van der Waals surface area contributed by atoms with Crippen molar-refractivity contribution in [1.82, 2.24) is 9.55 Å². The number of thiophene rings is 1. The number of nitrogen functional groups attached to an aromatic ring is 1. The number of hydrogen-bond acceptors (Lipinski definition) is 7. The number of unbranched alkanes of at least 4 members (excludes halogenated alkanes) is 1. The van der Waals surface area contributed by atoms with Gasteiger partial charge in [0, 0.05) is 18.0 Å². The lowest BCUT2D eigenvalue weighted by molar-refractivity contribution is -0.121. The summed E-state index contributed by atoms with van der Waals surface area (Å²) in [6.07, 6.45) is 4.68. The number of aryl methyl sites for hydroxylation is 2. The lowest BCUT2D eigenvalue weighted by Gasteiger charge is -2.24. The number of rotatable bonds is 12. The normalized spacial score (nSPS) is 10.9. The lowest BCUT2D eigenvalue weighted by atomic mass is 10.1. The molecule has 0 radical (unpaired) electrons. The van der Waals surface area contributed by atoms with E-state index in [-0.39, 0.29) is 18.1 Å². The van der Waals surface area contributed by atoms with E-state index in [1.165, 1.54) is 20.8 Å². The maximum Gasteiger partial charge on any atom is 0.348 e. The molecule has 0 aliphatic heterocycles. The Morgan fingerprint density at radius 2 is 1.88 bits per heavy atom. The van der Waals surface area contributed by atoms with E-state index in [0.29, 0.717) is 24.3 Å². The molecular weight excluding hydrogens is 444 g/mol. The number of aromatic nitrogens is 2. The Kier molecular flexibility index (Phi) is 9.90. The highest BCUT2D eigenvalue weighted by Crippen LogP contribution is 2.25. The average molecular weight is 479 g/mol. The zero-order valence-electron chi connectivity index (χ0n) is 19.9. The Hall–Kier alpha value is -2.88. The van der Waals surface area contributed by atoms with Crippen molar-refractivity contribution >= 4 is 34.7 Å². The van der Waals surface area contributed by atoms with Gasteiger partial charge in [0.15, 0.2) is 12.3 Å². The third kappa shape index (κ3) is 6.34. The van der Waals surface area contributed by atoms with Gasteiger partial charge in [-0.1, -0.05) is 40.5 Å². The van der Waals surface area contributed by atoms with Gasteiger partial charge in [-0.15, -0.1) is 11.3 Å². The van der Waals surface area contributed by atoms with Crippen LogP contribution in [0.5, 0.6) is 0 Å². The number of anilines is 2. The second-order valence-corrected chi connectivity index (χ2v) is 8.92. The molecule has 0 atom stereocenters. The van der Waals surface area contributed by atoms with Crippen LogP contribution < -0.4 is 21.9 Å². The Labute approximate surface area is 197 Å². The minimum atomic E-state index is -0.740. The molecule has 0 bridgehead atoms. The fraction of sp³-hybridized carbons (Fsp3) is 0.565. The number of nitrogens with two attached hydrogens (primary N) is 1. The van der Waals surface area contributed by atoms with Gasteiger partial charge in [-0.05, 0) is 37.3 Å². The van der Waals surface area contributed by atoms with Gasteiger partial charge in [-0.2, -0.15) is 0 Å². The monoisotopic (exact) mass is 478 g/mol. The minimum Gasteiger partial charge on any atom is -0.451 e. The summed E-state index contributed by atoms with van der Waals surface area (Å²) in [5.74, 6) is -1.22. The van der Waals surface area contributed by atoms with Crippen molar-refractivity contribution in [2.75, 3.05) is 23.8 Å². The molecule has 2 rings (SSSR count). The van der Waals surface area contributed by atoms with Crippen molar-refractivity contribution in [2.24, 2.45) is 0 Å². The highest BCUT2D eigenvalue weighted by molar-refractivity contribution is 7.14. The van der Waals surface area contributed by atoms with Crippen molar-refractivity contribution in [3.05, 3.63) is 42.2 Å². The fourth-order valence-electron chi connectivity index (χ4n) is 3.54. The summed E-state index contributed by atoms with van der Waals surface area (Å²) >= 11 is 1.39. The molecule has 182 valence electrons. The van der Waals surface area contributed by atoms with Crippen molar-refractivity contribution in [3.8, 4) is 0 Å². The average Bonchev–Trinajstić information content (AvgIpc) is 3.20. The molecule has 0 spiro atoms. The standard InChI is InChI=1S/C23H34N4O5S/c1-5-9-12-26(19-20(24)27(11-7-3)23(31)25-21(19)29)18(28)14-32-22(30)17-13-15(8-4)16(33-17)10-6-2/h13H,5-12,14,24H2,1-4H3,(H,25,29,31). The highest BCUT2D eigenvalue weighted by Gasteiger charge is 2.25. The van der Waals surface area contributed by atoms with Crippen molar-refractivity contribution in [3.63, 3.8) is 0 Å². The van der Waals surface area contributed by atoms with Gasteiger partial charge >= 0.3 is 11.7 Å². The van der Waals surface area contributed by atoms with Gasteiger partial charge in [-0.3, -0.25) is 19.1 Å². The molecule has 0 aromatic carbocycles. The van der Waals surface area contributed by atoms with Gasteiger partial charge in [0.2, 0.25) is 0 Å². The maximum atomic E-state index is 13.0. The van der Waals surface area contributed by atoms with Gasteiger partial charge in [-0.25, -0.2) is 9.59 Å². The predicted octanol–water partition coefficient (Wildman–Crippen LogP) is 3.10. The number of esters is 1. The molecule has 0 aliphatic carbocycles. The molecule has 0 fully saturated rings. The second kappa shape index (κ2) is 12.4. The van der Waals surface area contributed by atoms with E-state index in [1.807, 2.05) is 26.8 Å². The van der Waals surface area contributed by atoms with Gasteiger partial charge in [0.1, 0.15) is 10.7 Å². The van der Waals surface area contributed by atoms with Crippen LogP contribution >= 0.6 is 11.3 Å². The maximum absolute atomic E-state index is 13.0. The summed E-state index contributed by atoms with van der Waals surface area (Å²) in [6, 6.07) is 1.82. The van der Waals surface area contributed by atoms with E-state index in [2.05, 4.69) is 11.9 Å². The Balaban J connectivity index is 2.27. The van der Waals surface area contributed by atoms with Crippen molar-refractivity contribution in [2.45, 2.75) is 72.8 Å². The number of ether oxygens (including phenoxy) is 1. The molecule has 33 heavy (non-hydrogen) atoms. The molecule has 2 aromatic heterocycles. The first kappa shape index (κ1) is 26.4. The number of aromatic amines is 1. The van der Waals surface area contributed by atoms with Crippen LogP contribution in [0.1, 0.15) is 73.5 Å². The predicted molar refractivity (Wildman–Crippen MR) is 131 cm³/mol. The van der Waals surface area contributed by atoms with E-state index >= 15 is 0 Å². The number of nitrogens with one attached hydrogen (secondary N) is 1. The molecule has 9 nitrogen and oxygen atoms in total. The van der Waals surface area contributed by atoms with Crippen LogP contribution in [0.15, 0.2) is 15.7 Å². The second-order valence-electron chi connectivity index (χ2n) is 7.78. The summed E-state index contributed by atoms with van der Waals surface area (Å²) in [4.78, 5) is 55.4. The molecule has 0 saturated heterocycles. The SMILES string of the molecule is CCCCN(C(=O)COC(=O)c1cc(CC)c(CCC)s1)c1c(N)n(CCC)c(=O)[nH]c1=O. The van der Waals surface area contributed by atoms with E-state index in [1.54, 1.807) is 0 Å². The molecule has 0 aliphatic rings. The lowest BCUT2D eigenvalue weighted by Crippen LogP contribution is -2.43. The summed E-state index contributed by atoms with van der Waals surface area (Å²) in [5, 5.41) is 0. The zero-order chi connectivity index (χ0) is 24.5. The van der Waals surface area contributed by atoms with Crippen molar-refractivity contribution < 1.29 is 14.3 Å². The quantitative estimate of drug-likeness (QED) is 0.451. The largest absolute Gasteiger partial charge is 0.451 e. The van der Waals surface area contributed by atoms with Gasteiger partial charge in [0.25, 0.3) is 11.5 Å². The number of amides is 1. The molecule has 0 unspecified atom stereocenters. The molecule has 2 aromatic rings. The topological polar surface area (TPSA) is 127 Å². The minimum absolute atomic E-state index is 0.0727. The molecular formula is C23H34N4O5S. The van der Waals surface area contributed by atoms with Crippen LogP contribution in [0, 0.1) is 0 Å². The Morgan fingerprint density at radius 1 is 1.15 bits per heavy atom. The van der Waals surface area contributed by atoms with E-state index in [9.17, 15) is 19.2 Å². The number of carbonyl (C=O) groups is 2. The summed E-state index contributed by atoms with van der Waals surface area (Å²) in [5.41, 5.74) is 5.80. The van der Waals surface area contributed by atoms with Crippen LogP contribution in [0.3, 0.4) is 0 Å². The van der Waals surface area contributed by atoms with Gasteiger partial charge in [0.05, 0.1) is 0 Å². The number of carbonyl (C=O) groups excluding carboxylic acids is 2. The first-order valence-corrected chi connectivity index (χ1v) is 12.3. The van der Waals surface area contributed by atoms with Crippen LogP contribution in [0.25, 0.3) is 0 Å². The number of nitrogens with zero attached hydrogens (tertiary/aromatic N) is 2. The van der Waals surface area contributed by atoms with Gasteiger partial charge < -0.3 is 15.4 Å². The zero-order valence-corrected chi connectivity index (χ0v) is 20.7. The van der Waals surface area contributed by atoms with E-state index in [0.717, 1.165) is 36.1 Å². The smallest absolute Gasteiger partial charge is 0.348 e. The van der Waals surface area contributed by atoms with Crippen LogP contribution in [-0.4, -0.2) is 34.6 Å². The summed E-state index contributed by atoms with van der Waals surface area (Å²) in [6.45, 7) is 7.92. The van der Waals surface area contributed by atoms with Crippen LogP contribution in [0.2, 0.25) is 0 Å². The molecule has 1 amide bonds. The molecule has 10 heteroatoms. The van der Waals surface area contributed by atoms with E-state index in [4.69, 9.17) is 10.5 Å². The number of H-pyrrole nitrogens is 1. The van der Waals surface area contributed by atoms with Crippen molar-refractivity contribution in [1.29, 1.82) is 0 Å². The third-order valence-electron chi connectivity index (χ3n) is 5.25. The Morgan fingerprint density at radius 3 is 2.48 bits per heavy atom. The summed E-state index contributed by atoms with van der Waals surface area (Å²) in [7, 11) is 0. The highest BCUT2D eigenvalue weighted by atomic mass is 32.1. The van der Waals surface area contributed by atoms with Crippen LogP contribution in [0.4, 0.5) is 11.5 Å². The summed E-state index contributed by atoms with van der Waals surface area (Å²) < 4.78 is 6.54.